The Labute approximate surface area is 171 Å². The van der Waals surface area contributed by atoms with Gasteiger partial charge in [-0.3, -0.25) is 4.99 Å². The number of aromatic hydroxyl groups is 1. The van der Waals surface area contributed by atoms with Crippen molar-refractivity contribution < 1.29 is 22.1 Å². The van der Waals surface area contributed by atoms with E-state index in [-0.39, 0.29) is 5.41 Å². The van der Waals surface area contributed by atoms with Crippen molar-refractivity contribution in [2.45, 2.75) is 26.2 Å². The Morgan fingerprint density at radius 2 is 1.54 bits per heavy atom. The molecular formula is C21H21Cl2NOTi. The summed E-state index contributed by atoms with van der Waals surface area (Å²) in [7, 11) is 9.78. The number of aliphatic imine (C=N–C) groups is 1. The second kappa shape index (κ2) is 9.57. The summed E-state index contributed by atoms with van der Waals surface area (Å²) in [6.45, 7) is 6.27. The molecule has 0 spiro atoms. The van der Waals surface area contributed by atoms with Gasteiger partial charge in [-0.1, -0.05) is 69.3 Å². The van der Waals surface area contributed by atoms with Gasteiger partial charge in [-0.2, -0.15) is 0 Å². The molecule has 3 aromatic carbocycles. The first-order valence-corrected chi connectivity index (χ1v) is 12.5. The van der Waals surface area contributed by atoms with E-state index in [0.29, 0.717) is 5.75 Å². The predicted molar refractivity (Wildman–Crippen MR) is 110 cm³/mol. The predicted octanol–water partition coefficient (Wildman–Crippen LogP) is 6.97. The number of fused-ring (bicyclic) bond motifs is 1. The standard InChI is InChI=1S/C21H21NO.2ClH.Ti/c1-21(2,3)18-12-6-10-16(20(18)23)14-22-19-13-7-9-15-8-4-5-11-17(15)19;;;/h4-14,23H,1-3H3;2*1H;/q;;;+2/p-2. The summed E-state index contributed by atoms with van der Waals surface area (Å²) < 4.78 is 0. The molecule has 134 valence electrons. The molecule has 3 aromatic rings. The van der Waals surface area contributed by atoms with Crippen LogP contribution in [0.5, 0.6) is 5.75 Å². The fourth-order valence-electron chi connectivity index (χ4n) is 2.73. The van der Waals surface area contributed by atoms with Gasteiger partial charge in [0.15, 0.2) is 0 Å². The van der Waals surface area contributed by atoms with Crippen LogP contribution in [0.4, 0.5) is 5.69 Å². The molecule has 1 N–H and O–H groups in total. The van der Waals surface area contributed by atoms with Crippen molar-refractivity contribution >= 4 is 41.3 Å². The number of phenols is 1. The molecule has 0 heterocycles. The summed E-state index contributed by atoms with van der Waals surface area (Å²) in [5.41, 5.74) is 2.47. The molecule has 0 aliphatic rings. The van der Waals surface area contributed by atoms with E-state index in [1.807, 2.05) is 42.5 Å². The maximum absolute atomic E-state index is 10.5. The molecule has 0 unspecified atom stereocenters. The molecule has 0 fully saturated rings. The Hall–Kier alpha value is -1.32. The molecule has 0 aliphatic carbocycles. The average Bonchev–Trinajstić information content (AvgIpc) is 2.60. The number of halogens is 2. The van der Waals surface area contributed by atoms with Crippen molar-refractivity contribution in [3.63, 3.8) is 0 Å². The number of rotatable bonds is 2. The Bertz CT molecular complexity index is 899. The fourth-order valence-corrected chi connectivity index (χ4v) is 2.73. The third-order valence-corrected chi connectivity index (χ3v) is 3.98. The van der Waals surface area contributed by atoms with E-state index in [1.165, 1.54) is 0 Å². The molecule has 0 aliphatic heterocycles. The molecular weight excluding hydrogens is 401 g/mol. The quantitative estimate of drug-likeness (QED) is 0.351. The number of phenolic OH excluding ortho intramolecular Hbond substituents is 1. The van der Waals surface area contributed by atoms with Crippen molar-refractivity contribution in [2.24, 2.45) is 4.99 Å². The number of para-hydroxylation sites is 1. The third-order valence-electron chi connectivity index (χ3n) is 3.98. The van der Waals surface area contributed by atoms with Crippen molar-refractivity contribution in [3.8, 4) is 5.75 Å². The average molecular weight is 422 g/mol. The molecule has 0 atom stereocenters. The topological polar surface area (TPSA) is 32.6 Å². The van der Waals surface area contributed by atoms with Gasteiger partial charge < -0.3 is 5.11 Å². The second-order valence-electron chi connectivity index (χ2n) is 6.82. The summed E-state index contributed by atoms with van der Waals surface area (Å²) in [5.74, 6) is 0.309. The van der Waals surface area contributed by atoms with Gasteiger partial charge in [-0.25, -0.2) is 0 Å². The molecule has 0 bridgehead atoms. The monoisotopic (exact) mass is 421 g/mol. The molecule has 3 rings (SSSR count). The molecule has 2 nitrogen and oxygen atoms in total. The van der Waals surface area contributed by atoms with Crippen LogP contribution in [-0.2, 0) is 22.4 Å². The molecule has 0 saturated carbocycles. The van der Waals surface area contributed by atoms with Crippen LogP contribution >= 0.6 is 18.6 Å². The first-order valence-electron chi connectivity index (χ1n) is 8.19. The van der Waals surface area contributed by atoms with E-state index < -0.39 is 17.0 Å². The number of hydrogen-bond donors (Lipinski definition) is 1. The molecule has 0 aromatic heterocycles. The molecule has 5 heteroatoms. The van der Waals surface area contributed by atoms with E-state index >= 15 is 0 Å². The van der Waals surface area contributed by atoms with Crippen molar-refractivity contribution in [3.05, 3.63) is 71.8 Å². The van der Waals surface area contributed by atoms with Crippen molar-refractivity contribution in [1.29, 1.82) is 0 Å². The summed E-state index contributed by atoms with van der Waals surface area (Å²) >= 11 is -0.556. The van der Waals surface area contributed by atoms with Crippen LogP contribution in [0.15, 0.2) is 65.7 Å². The number of hydrogen-bond acceptors (Lipinski definition) is 2. The van der Waals surface area contributed by atoms with Gasteiger partial charge in [-0.05, 0) is 28.5 Å². The van der Waals surface area contributed by atoms with Gasteiger partial charge in [0, 0.05) is 17.2 Å². The Morgan fingerprint density at radius 3 is 2.23 bits per heavy atom. The van der Waals surface area contributed by atoms with Crippen LogP contribution in [-0.4, -0.2) is 11.3 Å². The molecule has 0 radical (unpaired) electrons. The van der Waals surface area contributed by atoms with E-state index in [9.17, 15) is 5.11 Å². The number of nitrogens with zero attached hydrogens (tertiary/aromatic N) is 1. The molecule has 26 heavy (non-hydrogen) atoms. The van der Waals surface area contributed by atoms with Crippen LogP contribution in [0.2, 0.25) is 0 Å². The van der Waals surface area contributed by atoms with Crippen molar-refractivity contribution in [2.75, 3.05) is 0 Å². The SMILES string of the molecule is CC(C)(C)c1cccc(C=Nc2cccc3ccccc23)c1O.[Cl][Ti][Cl]. The Kier molecular flexibility index (Phi) is 7.73. The second-order valence-corrected chi connectivity index (χ2v) is 9.40. The van der Waals surface area contributed by atoms with Crippen LogP contribution < -0.4 is 0 Å². The first-order chi connectivity index (χ1) is 12.4. The zero-order valence-electron chi connectivity index (χ0n) is 15.0. The van der Waals surface area contributed by atoms with E-state index in [1.54, 1.807) is 6.21 Å². The Morgan fingerprint density at radius 1 is 0.923 bits per heavy atom. The van der Waals surface area contributed by atoms with Gasteiger partial charge in [0.1, 0.15) is 5.75 Å². The normalized spacial score (nSPS) is 11.3. The summed E-state index contributed by atoms with van der Waals surface area (Å²) in [6, 6.07) is 20.1. The Balaban J connectivity index is 0.000000758. The van der Waals surface area contributed by atoms with Crippen molar-refractivity contribution in [1.82, 2.24) is 0 Å². The minimum absolute atomic E-state index is 0.104. The number of benzene rings is 3. The maximum atomic E-state index is 10.5. The fraction of sp³-hybridized carbons (Fsp3) is 0.190. The van der Waals surface area contributed by atoms with Gasteiger partial charge in [0.05, 0.1) is 5.69 Å². The van der Waals surface area contributed by atoms with Gasteiger partial charge in [-0.15, -0.1) is 0 Å². The van der Waals surface area contributed by atoms with E-state index in [0.717, 1.165) is 27.6 Å². The van der Waals surface area contributed by atoms with Crippen LogP contribution in [0.25, 0.3) is 10.8 Å². The van der Waals surface area contributed by atoms with Gasteiger partial charge in [0.2, 0.25) is 0 Å². The summed E-state index contributed by atoms with van der Waals surface area (Å²) in [5, 5.41) is 12.8. The van der Waals surface area contributed by atoms with Crippen LogP contribution in [0.1, 0.15) is 31.9 Å². The van der Waals surface area contributed by atoms with Gasteiger partial charge >= 0.3 is 35.6 Å². The molecule has 0 saturated heterocycles. The first kappa shape index (κ1) is 21.0. The zero-order valence-corrected chi connectivity index (χ0v) is 18.1. The zero-order chi connectivity index (χ0) is 19.2. The third kappa shape index (κ3) is 5.34. The van der Waals surface area contributed by atoms with E-state index in [4.69, 9.17) is 18.6 Å². The van der Waals surface area contributed by atoms with Crippen LogP contribution in [0.3, 0.4) is 0 Å². The van der Waals surface area contributed by atoms with Gasteiger partial charge in [0.25, 0.3) is 0 Å². The molecule has 0 amide bonds. The minimum atomic E-state index is -0.556. The van der Waals surface area contributed by atoms with E-state index in [2.05, 4.69) is 44.0 Å². The summed E-state index contributed by atoms with van der Waals surface area (Å²) in [4.78, 5) is 4.60. The van der Waals surface area contributed by atoms with Crippen LogP contribution in [0, 0.1) is 0 Å². The summed E-state index contributed by atoms with van der Waals surface area (Å²) in [6.07, 6.45) is 1.74.